The molecule has 204 valence electrons. The Kier molecular flexibility index (Phi) is 9.95. The molecule has 0 aromatic heterocycles. The van der Waals surface area contributed by atoms with Gasteiger partial charge in [-0.05, 0) is 104 Å². The van der Waals surface area contributed by atoms with Crippen LogP contribution in [0.25, 0.3) is 0 Å². The molecule has 2 aliphatic carbocycles. The first-order valence-electron chi connectivity index (χ1n) is 14.5. The smallest absolute Gasteiger partial charge is 0.200 e. The van der Waals surface area contributed by atoms with Gasteiger partial charge in [-0.2, -0.15) is 4.39 Å². The van der Waals surface area contributed by atoms with Gasteiger partial charge in [0.2, 0.25) is 5.82 Å². The molecule has 5 heteroatoms. The van der Waals surface area contributed by atoms with Crippen LogP contribution in [0.2, 0.25) is 0 Å². The lowest BCUT2D eigenvalue weighted by Gasteiger charge is -2.29. The van der Waals surface area contributed by atoms with Crippen LogP contribution in [0.15, 0.2) is 24.3 Å². The molecule has 0 bridgehead atoms. The van der Waals surface area contributed by atoms with Crippen LogP contribution in [0.1, 0.15) is 119 Å². The minimum atomic E-state index is -0.889. The van der Waals surface area contributed by atoms with E-state index in [0.29, 0.717) is 41.6 Å². The number of halogens is 4. The number of rotatable bonds is 10. The van der Waals surface area contributed by atoms with Crippen molar-refractivity contribution in [1.29, 1.82) is 0 Å². The Hall–Kier alpha value is -2.04. The summed E-state index contributed by atoms with van der Waals surface area (Å²) in [7, 11) is 0. The maximum atomic E-state index is 14.9. The third kappa shape index (κ3) is 6.89. The van der Waals surface area contributed by atoms with Crippen LogP contribution in [-0.2, 0) is 6.42 Å². The molecule has 2 fully saturated rings. The molecule has 2 aliphatic rings. The highest BCUT2D eigenvalue weighted by molar-refractivity contribution is 5.33. The summed E-state index contributed by atoms with van der Waals surface area (Å²) in [6.45, 7) is 4.69. The van der Waals surface area contributed by atoms with E-state index >= 15 is 0 Å². The van der Waals surface area contributed by atoms with Gasteiger partial charge < -0.3 is 4.74 Å². The van der Waals surface area contributed by atoms with E-state index in [1.807, 2.05) is 0 Å². The highest BCUT2D eigenvalue weighted by Gasteiger charge is 2.28. The van der Waals surface area contributed by atoms with Crippen molar-refractivity contribution in [3.05, 3.63) is 64.2 Å². The summed E-state index contributed by atoms with van der Waals surface area (Å²) in [5.74, 6) is -1.87. The van der Waals surface area contributed by atoms with Gasteiger partial charge in [-0.1, -0.05) is 57.7 Å². The minimum Gasteiger partial charge on any atom is -0.490 e. The molecule has 2 saturated carbocycles. The Morgan fingerprint density at radius 1 is 0.703 bits per heavy atom. The summed E-state index contributed by atoms with van der Waals surface area (Å²) in [5, 5.41) is 0. The van der Waals surface area contributed by atoms with E-state index in [1.54, 1.807) is 24.3 Å². The Morgan fingerprint density at radius 3 is 1.95 bits per heavy atom. The summed E-state index contributed by atoms with van der Waals surface area (Å²) in [6, 6.07) is 6.81. The molecule has 37 heavy (non-hydrogen) atoms. The Morgan fingerprint density at radius 2 is 1.30 bits per heavy atom. The first-order chi connectivity index (χ1) is 17.9. The quantitative estimate of drug-likeness (QED) is 0.225. The van der Waals surface area contributed by atoms with Gasteiger partial charge in [0.15, 0.2) is 23.2 Å². The van der Waals surface area contributed by atoms with Crippen LogP contribution in [-0.4, -0.2) is 6.61 Å². The molecule has 2 aromatic rings. The molecule has 0 aliphatic heterocycles. The maximum absolute atomic E-state index is 14.9. The van der Waals surface area contributed by atoms with Crippen LogP contribution in [0.3, 0.4) is 0 Å². The van der Waals surface area contributed by atoms with Gasteiger partial charge in [0, 0.05) is 0 Å². The average molecular weight is 519 g/mol. The molecule has 0 atom stereocenters. The van der Waals surface area contributed by atoms with Crippen molar-refractivity contribution in [2.45, 2.75) is 109 Å². The predicted molar refractivity (Wildman–Crippen MR) is 141 cm³/mol. The summed E-state index contributed by atoms with van der Waals surface area (Å²) >= 11 is 0. The molecule has 0 radical (unpaired) electrons. The molecule has 4 rings (SSSR count). The number of benzene rings is 2. The summed E-state index contributed by atoms with van der Waals surface area (Å²) in [5.41, 5.74) is 1.42. The van der Waals surface area contributed by atoms with Crippen molar-refractivity contribution in [2.75, 3.05) is 6.61 Å². The van der Waals surface area contributed by atoms with E-state index in [4.69, 9.17) is 4.74 Å². The van der Waals surface area contributed by atoms with Crippen LogP contribution in [0, 0.1) is 35.1 Å². The fourth-order valence-electron chi connectivity index (χ4n) is 6.31. The van der Waals surface area contributed by atoms with Gasteiger partial charge in [0.1, 0.15) is 0 Å². The third-order valence-corrected chi connectivity index (χ3v) is 8.84. The van der Waals surface area contributed by atoms with Crippen molar-refractivity contribution >= 4 is 0 Å². The molecule has 0 spiro atoms. The normalized spacial score (nSPS) is 24.3. The van der Waals surface area contributed by atoms with Crippen LogP contribution in [0.4, 0.5) is 17.6 Å². The zero-order valence-corrected chi connectivity index (χ0v) is 22.4. The lowest BCUT2D eigenvalue weighted by Crippen LogP contribution is -2.16. The minimum absolute atomic E-state index is 0.00985. The van der Waals surface area contributed by atoms with Crippen LogP contribution in [0.5, 0.6) is 5.75 Å². The topological polar surface area (TPSA) is 9.23 Å². The Bertz CT molecular complexity index is 1020. The molecule has 2 aromatic carbocycles. The first-order valence-corrected chi connectivity index (χ1v) is 14.5. The zero-order valence-electron chi connectivity index (χ0n) is 22.4. The van der Waals surface area contributed by atoms with Gasteiger partial charge in [-0.25, -0.2) is 13.2 Å². The second-order valence-electron chi connectivity index (χ2n) is 11.5. The Balaban J connectivity index is 1.29. The SMILES string of the molecule is CCCCCOc1ccc(C2CCC(CCc3ccc(C4CCC(C)CC4)c(F)c3F)CC2)c(F)c1F. The number of ether oxygens (including phenoxy) is 1. The maximum Gasteiger partial charge on any atom is 0.200 e. The lowest BCUT2D eigenvalue weighted by molar-refractivity contribution is 0.281. The van der Waals surface area contributed by atoms with Crippen LogP contribution < -0.4 is 4.74 Å². The molecule has 1 nitrogen and oxygen atoms in total. The van der Waals surface area contributed by atoms with Crippen molar-refractivity contribution in [1.82, 2.24) is 0 Å². The van der Waals surface area contributed by atoms with Crippen LogP contribution >= 0.6 is 0 Å². The highest BCUT2D eigenvalue weighted by atomic mass is 19.2. The lowest BCUT2D eigenvalue weighted by atomic mass is 9.76. The van der Waals surface area contributed by atoms with Crippen molar-refractivity contribution in [2.24, 2.45) is 11.8 Å². The summed E-state index contributed by atoms with van der Waals surface area (Å²) < 4.78 is 64.6. The van der Waals surface area contributed by atoms with Gasteiger partial charge in [-0.15, -0.1) is 0 Å². The zero-order chi connectivity index (χ0) is 26.4. The van der Waals surface area contributed by atoms with E-state index in [-0.39, 0.29) is 17.6 Å². The highest BCUT2D eigenvalue weighted by Crippen LogP contribution is 2.41. The van der Waals surface area contributed by atoms with E-state index in [2.05, 4.69) is 13.8 Å². The number of unbranched alkanes of at least 4 members (excludes halogenated alkanes) is 2. The molecule has 0 N–H and O–H groups in total. The fraction of sp³-hybridized carbons (Fsp3) is 0.625. The van der Waals surface area contributed by atoms with E-state index in [9.17, 15) is 17.6 Å². The monoisotopic (exact) mass is 518 g/mol. The third-order valence-electron chi connectivity index (χ3n) is 8.84. The number of aryl methyl sites for hydroxylation is 1. The molecule has 0 unspecified atom stereocenters. The molecule has 0 saturated heterocycles. The van der Waals surface area contributed by atoms with Gasteiger partial charge in [-0.3, -0.25) is 0 Å². The summed E-state index contributed by atoms with van der Waals surface area (Å²) in [6.07, 6.45) is 11.5. The largest absolute Gasteiger partial charge is 0.490 e. The predicted octanol–water partition coefficient (Wildman–Crippen LogP) is 10.0. The van der Waals surface area contributed by atoms with Crippen molar-refractivity contribution < 1.29 is 22.3 Å². The molecular formula is C32H42F4O. The second-order valence-corrected chi connectivity index (χ2v) is 11.5. The van der Waals surface area contributed by atoms with E-state index < -0.39 is 23.3 Å². The standard InChI is InChI=1S/C32H42F4O/c1-3-4-5-20-37-28-19-18-27(31(35)32(28)36)24-13-8-22(9-14-24)10-15-25-16-17-26(30(34)29(25)33)23-11-6-21(2)7-12-23/h16-19,21-24H,3-15,20H2,1-2H3. The average Bonchev–Trinajstić information content (AvgIpc) is 2.91. The van der Waals surface area contributed by atoms with Crippen molar-refractivity contribution in [3.8, 4) is 5.75 Å². The van der Waals surface area contributed by atoms with E-state index in [0.717, 1.165) is 77.0 Å². The molecule has 0 amide bonds. The summed E-state index contributed by atoms with van der Waals surface area (Å²) in [4.78, 5) is 0. The number of hydrogen-bond acceptors (Lipinski definition) is 1. The van der Waals surface area contributed by atoms with Gasteiger partial charge in [0.05, 0.1) is 6.61 Å². The van der Waals surface area contributed by atoms with Crippen molar-refractivity contribution in [3.63, 3.8) is 0 Å². The Labute approximate surface area is 220 Å². The fourth-order valence-corrected chi connectivity index (χ4v) is 6.31. The first kappa shape index (κ1) is 28.0. The number of hydrogen-bond donors (Lipinski definition) is 0. The molecule has 0 heterocycles. The van der Waals surface area contributed by atoms with Gasteiger partial charge >= 0.3 is 0 Å². The van der Waals surface area contributed by atoms with E-state index in [1.165, 1.54) is 0 Å². The molecular weight excluding hydrogens is 476 g/mol. The second kappa shape index (κ2) is 13.2. The van der Waals surface area contributed by atoms with Gasteiger partial charge in [0.25, 0.3) is 0 Å².